The van der Waals surface area contributed by atoms with Crippen molar-refractivity contribution < 1.29 is 8.42 Å². The molecule has 0 saturated carbocycles. The van der Waals surface area contributed by atoms with Crippen molar-refractivity contribution in [1.82, 2.24) is 14.2 Å². The number of rotatable bonds is 4. The van der Waals surface area contributed by atoms with Crippen molar-refractivity contribution in [3.63, 3.8) is 0 Å². The Bertz CT molecular complexity index is 555. The highest BCUT2D eigenvalue weighted by Gasteiger charge is 2.30. The number of nitrogen functional groups attached to an aromatic ring is 1. The first kappa shape index (κ1) is 15.2. The number of nitrogens with zero attached hydrogens (tertiary/aromatic N) is 3. The highest BCUT2D eigenvalue weighted by atomic mass is 32.2. The first-order chi connectivity index (χ1) is 9.45. The van der Waals surface area contributed by atoms with E-state index >= 15 is 0 Å². The molecule has 3 N–H and O–H groups in total. The molecule has 0 aliphatic carbocycles. The van der Waals surface area contributed by atoms with Crippen LogP contribution in [0.4, 0.5) is 5.82 Å². The highest BCUT2D eigenvalue weighted by molar-refractivity contribution is 7.89. The van der Waals surface area contributed by atoms with Gasteiger partial charge in [0.1, 0.15) is 5.82 Å². The zero-order valence-corrected chi connectivity index (χ0v) is 12.6. The fourth-order valence-electron chi connectivity index (χ4n) is 2.37. The summed E-state index contributed by atoms with van der Waals surface area (Å²) in [4.78, 5) is 6.35. The number of aromatic nitrogens is 1. The third-order valence-electron chi connectivity index (χ3n) is 3.76. The van der Waals surface area contributed by atoms with Gasteiger partial charge in [0.05, 0.1) is 4.90 Å². The van der Waals surface area contributed by atoms with Gasteiger partial charge in [0.2, 0.25) is 10.0 Å². The molecule has 0 bridgehead atoms. The number of anilines is 1. The highest BCUT2D eigenvalue weighted by Crippen LogP contribution is 2.23. The van der Waals surface area contributed by atoms with Gasteiger partial charge in [-0.25, -0.2) is 19.2 Å². The predicted octanol–water partition coefficient (Wildman–Crippen LogP) is 0.0819. The quantitative estimate of drug-likeness (QED) is 0.604. The van der Waals surface area contributed by atoms with Gasteiger partial charge >= 0.3 is 0 Å². The van der Waals surface area contributed by atoms with E-state index in [1.165, 1.54) is 22.6 Å². The van der Waals surface area contributed by atoms with Gasteiger partial charge in [0.25, 0.3) is 0 Å². The Morgan fingerprint density at radius 1 is 1.45 bits per heavy atom. The van der Waals surface area contributed by atoms with Crippen molar-refractivity contribution in [3.8, 4) is 0 Å². The summed E-state index contributed by atoms with van der Waals surface area (Å²) in [5, 5.41) is 0. The summed E-state index contributed by atoms with van der Waals surface area (Å²) < 4.78 is 26.7. The van der Waals surface area contributed by atoms with Crippen LogP contribution in [0.1, 0.15) is 12.8 Å². The summed E-state index contributed by atoms with van der Waals surface area (Å²) in [5.74, 6) is 5.61. The van der Waals surface area contributed by atoms with Gasteiger partial charge in [0.15, 0.2) is 0 Å². The zero-order valence-electron chi connectivity index (χ0n) is 11.8. The number of hydrazine groups is 1. The fraction of sp³-hybridized carbons (Fsp3) is 0.583. The Balaban J connectivity index is 2.20. The van der Waals surface area contributed by atoms with Gasteiger partial charge < -0.3 is 10.3 Å². The largest absolute Gasteiger partial charge is 0.308 e. The van der Waals surface area contributed by atoms with E-state index < -0.39 is 10.0 Å². The van der Waals surface area contributed by atoms with Crippen molar-refractivity contribution in [1.29, 1.82) is 0 Å². The minimum Gasteiger partial charge on any atom is -0.308 e. The molecule has 0 spiro atoms. The molecule has 1 fully saturated rings. The standard InChI is InChI=1S/C12H21N5O2S/c1-16-7-4-10(5-8-16)17(2)20(18,19)11-3-6-14-12(9-11)15-13/h3,6,9-10H,4-5,7-8,13H2,1-2H3,(H,14,15). The SMILES string of the molecule is CN1CCC(N(C)S(=O)(=O)c2ccnc(NN)c2)CC1. The summed E-state index contributed by atoms with van der Waals surface area (Å²) >= 11 is 0. The lowest BCUT2D eigenvalue weighted by Gasteiger charge is -2.34. The third kappa shape index (κ3) is 3.09. The van der Waals surface area contributed by atoms with Gasteiger partial charge in [-0.1, -0.05) is 0 Å². The average molecular weight is 299 g/mol. The Labute approximate surface area is 119 Å². The molecule has 112 valence electrons. The van der Waals surface area contributed by atoms with E-state index in [1.807, 2.05) is 7.05 Å². The Morgan fingerprint density at radius 2 is 2.10 bits per heavy atom. The summed E-state index contributed by atoms with van der Waals surface area (Å²) in [6.07, 6.45) is 3.13. The van der Waals surface area contributed by atoms with Crippen molar-refractivity contribution >= 4 is 15.8 Å². The van der Waals surface area contributed by atoms with Crippen molar-refractivity contribution in [2.75, 3.05) is 32.6 Å². The van der Waals surface area contributed by atoms with Gasteiger partial charge in [-0.3, -0.25) is 0 Å². The molecule has 8 heteroatoms. The van der Waals surface area contributed by atoms with Crippen LogP contribution in [0, 0.1) is 0 Å². The molecule has 0 amide bonds. The Kier molecular flexibility index (Phi) is 4.59. The molecule has 1 aromatic heterocycles. The van der Waals surface area contributed by atoms with Gasteiger partial charge in [0, 0.05) is 25.4 Å². The molecule has 2 rings (SSSR count). The van der Waals surface area contributed by atoms with Crippen LogP contribution in [0.25, 0.3) is 0 Å². The number of piperidine rings is 1. The topological polar surface area (TPSA) is 91.6 Å². The molecule has 1 aliphatic heterocycles. The second-order valence-electron chi connectivity index (χ2n) is 5.08. The smallest absolute Gasteiger partial charge is 0.243 e. The van der Waals surface area contributed by atoms with Crippen LogP contribution in [0.15, 0.2) is 23.2 Å². The molecule has 1 aromatic rings. The maximum atomic E-state index is 12.6. The van der Waals surface area contributed by atoms with E-state index in [0.717, 1.165) is 25.9 Å². The van der Waals surface area contributed by atoms with Crippen LogP contribution in [-0.2, 0) is 10.0 Å². The van der Waals surface area contributed by atoms with E-state index in [4.69, 9.17) is 5.84 Å². The third-order valence-corrected chi connectivity index (χ3v) is 5.66. The van der Waals surface area contributed by atoms with E-state index in [-0.39, 0.29) is 10.9 Å². The molecular weight excluding hydrogens is 278 g/mol. The summed E-state index contributed by atoms with van der Waals surface area (Å²) in [6, 6.07) is 2.97. The second-order valence-corrected chi connectivity index (χ2v) is 7.07. The molecule has 7 nitrogen and oxygen atoms in total. The van der Waals surface area contributed by atoms with Crippen LogP contribution in [0.2, 0.25) is 0 Å². The fourth-order valence-corrected chi connectivity index (χ4v) is 3.80. The number of pyridine rings is 1. The Morgan fingerprint density at radius 3 is 2.70 bits per heavy atom. The number of likely N-dealkylation sites (tertiary alicyclic amines) is 1. The number of nitrogens with two attached hydrogens (primary N) is 1. The molecule has 1 saturated heterocycles. The van der Waals surface area contributed by atoms with Crippen molar-refractivity contribution in [2.24, 2.45) is 5.84 Å². The van der Waals surface area contributed by atoms with E-state index in [1.54, 1.807) is 7.05 Å². The summed E-state index contributed by atoms with van der Waals surface area (Å²) in [7, 11) is 0.179. The van der Waals surface area contributed by atoms with Crippen molar-refractivity contribution in [2.45, 2.75) is 23.8 Å². The molecule has 0 radical (unpaired) electrons. The van der Waals surface area contributed by atoms with Crippen LogP contribution in [-0.4, -0.2) is 55.8 Å². The molecule has 2 heterocycles. The van der Waals surface area contributed by atoms with Gasteiger partial charge in [-0.15, -0.1) is 0 Å². The molecule has 0 aromatic carbocycles. The van der Waals surface area contributed by atoms with Gasteiger partial charge in [-0.2, -0.15) is 4.31 Å². The first-order valence-electron chi connectivity index (χ1n) is 6.54. The van der Waals surface area contributed by atoms with E-state index in [9.17, 15) is 8.42 Å². The van der Waals surface area contributed by atoms with Crippen LogP contribution >= 0.6 is 0 Å². The molecule has 1 aliphatic rings. The monoisotopic (exact) mass is 299 g/mol. The van der Waals surface area contributed by atoms with Crippen LogP contribution < -0.4 is 11.3 Å². The normalized spacial score (nSPS) is 18.4. The first-order valence-corrected chi connectivity index (χ1v) is 7.98. The minimum absolute atomic E-state index is 0.0404. The van der Waals surface area contributed by atoms with Crippen LogP contribution in [0.3, 0.4) is 0 Å². The Hall–Kier alpha value is -1.22. The lowest BCUT2D eigenvalue weighted by molar-refractivity contribution is 0.197. The number of hydrogen-bond acceptors (Lipinski definition) is 6. The summed E-state index contributed by atoms with van der Waals surface area (Å²) in [5.41, 5.74) is 2.36. The average Bonchev–Trinajstić information content (AvgIpc) is 2.47. The number of sulfonamides is 1. The maximum Gasteiger partial charge on any atom is 0.243 e. The second kappa shape index (κ2) is 6.04. The maximum absolute atomic E-state index is 12.6. The lowest BCUT2D eigenvalue weighted by atomic mass is 10.1. The van der Waals surface area contributed by atoms with Gasteiger partial charge in [-0.05, 0) is 39.0 Å². The van der Waals surface area contributed by atoms with Crippen LogP contribution in [0.5, 0.6) is 0 Å². The molecule has 0 unspecified atom stereocenters. The minimum atomic E-state index is -3.51. The molecule has 0 atom stereocenters. The van der Waals surface area contributed by atoms with E-state index in [2.05, 4.69) is 15.3 Å². The van der Waals surface area contributed by atoms with Crippen molar-refractivity contribution in [3.05, 3.63) is 18.3 Å². The summed E-state index contributed by atoms with van der Waals surface area (Å²) in [6.45, 7) is 1.83. The van der Waals surface area contributed by atoms with E-state index in [0.29, 0.717) is 5.82 Å². The number of hydrogen-bond donors (Lipinski definition) is 2. The lowest BCUT2D eigenvalue weighted by Crippen LogP contribution is -2.44. The molecule has 20 heavy (non-hydrogen) atoms. The zero-order chi connectivity index (χ0) is 14.8. The molecular formula is C12H21N5O2S. The predicted molar refractivity (Wildman–Crippen MR) is 77.5 cm³/mol. The number of nitrogens with one attached hydrogen (secondary N) is 1.